The van der Waals surface area contributed by atoms with E-state index in [1.54, 1.807) is 6.07 Å². The Morgan fingerprint density at radius 3 is 1.51 bits per heavy atom. The third-order valence-electron chi connectivity index (χ3n) is 4.01. The Labute approximate surface area is 220 Å². The predicted octanol–water partition coefficient (Wildman–Crippen LogP) is 4.10. The molecule has 0 amide bonds. The first-order valence-corrected chi connectivity index (χ1v) is 11.3. The Morgan fingerprint density at radius 2 is 1.20 bits per heavy atom. The summed E-state index contributed by atoms with van der Waals surface area (Å²) in [5.41, 5.74) is 0.109. The van der Waals surface area contributed by atoms with Gasteiger partial charge < -0.3 is 25.3 Å². The van der Waals surface area contributed by atoms with Gasteiger partial charge in [-0.15, -0.1) is 0 Å². The zero-order valence-corrected chi connectivity index (χ0v) is 21.7. The first-order valence-electron chi connectivity index (χ1n) is 11.3. The number of hydrogen-bond donors (Lipinski definition) is 0. The van der Waals surface area contributed by atoms with Crippen LogP contribution in [0, 0.1) is 0 Å². The van der Waals surface area contributed by atoms with Gasteiger partial charge in [-0.25, -0.2) is 0 Å². The van der Waals surface area contributed by atoms with Crippen LogP contribution in [0.1, 0.15) is 68.6 Å². The molecular weight excluding hydrogens is 457 g/mol. The second-order valence-corrected chi connectivity index (χ2v) is 6.86. The molecule has 0 aliphatic rings. The Hall–Kier alpha value is -2.98. The maximum atomic E-state index is 10.2. The molecule has 6 nitrogen and oxygen atoms in total. The van der Waals surface area contributed by atoms with Crippen molar-refractivity contribution in [3.8, 4) is 0 Å². The minimum Gasteiger partial charge on any atom is -0.870 e. The average molecular weight is 494 g/mol. The third-order valence-corrected chi connectivity index (χ3v) is 4.01. The van der Waals surface area contributed by atoms with Crippen LogP contribution in [-0.2, 0) is 4.79 Å². The Balaban J connectivity index is -0.000000780. The van der Waals surface area contributed by atoms with Gasteiger partial charge in [0.05, 0.1) is 5.97 Å². The van der Waals surface area contributed by atoms with Crippen LogP contribution in [0.3, 0.4) is 0 Å². The standard InChI is InChI=1S/C22H32O2.C6H5NO2.Al.H2O/c1-2-3-4-5-6-7-8-9-10-11-12-13-14-15-16-17-18-19-20-21-22(23)24;8-6(9)5-2-1-3-7-4-5;;/h3-4,6-7,9-10,12-13,15-16,18-19H,2,5,8,11,14,17,20-21H2,1H3,(H,23,24);1-4H,(H,8,9);;1H2/q;;+3;/p-3/b4-3+,7-6+,10-9+,13-12+,16-15+,19-18+;;;. The number of carboxylic acid groups (broad SMARTS) is 2. The Morgan fingerprint density at radius 1 is 0.771 bits per heavy atom. The second-order valence-electron chi connectivity index (χ2n) is 6.86. The van der Waals surface area contributed by atoms with E-state index in [9.17, 15) is 19.8 Å². The van der Waals surface area contributed by atoms with Crippen LogP contribution in [-0.4, -0.2) is 39.8 Å². The molecule has 0 aromatic carbocycles. The van der Waals surface area contributed by atoms with Gasteiger partial charge in [0.2, 0.25) is 0 Å². The van der Waals surface area contributed by atoms with Gasteiger partial charge in [-0.1, -0.05) is 85.9 Å². The number of aromatic nitrogens is 1. The molecule has 7 heteroatoms. The first-order chi connectivity index (χ1) is 16.1. The van der Waals surface area contributed by atoms with E-state index in [0.29, 0.717) is 6.42 Å². The molecule has 0 fully saturated rings. The van der Waals surface area contributed by atoms with Gasteiger partial charge in [0, 0.05) is 23.9 Å². The summed E-state index contributed by atoms with van der Waals surface area (Å²) in [6.07, 6.45) is 34.9. The maximum absolute atomic E-state index is 10.2. The Bertz CT molecular complexity index is 812. The van der Waals surface area contributed by atoms with Gasteiger partial charge in [0.1, 0.15) is 0 Å². The molecule has 0 radical (unpaired) electrons. The van der Waals surface area contributed by atoms with Gasteiger partial charge in [0.25, 0.3) is 0 Å². The van der Waals surface area contributed by atoms with Crippen LogP contribution in [0.5, 0.6) is 0 Å². The van der Waals surface area contributed by atoms with E-state index in [0.717, 1.165) is 38.5 Å². The van der Waals surface area contributed by atoms with E-state index in [1.807, 2.05) is 12.2 Å². The molecular formula is C28H36AlNO5. The topological polar surface area (TPSA) is 123 Å². The molecule has 1 N–H and O–H groups in total. The maximum Gasteiger partial charge on any atom is 3.00 e. The fourth-order valence-corrected chi connectivity index (χ4v) is 2.32. The molecule has 186 valence electrons. The first kappa shape index (κ1) is 36.6. The van der Waals surface area contributed by atoms with Crippen molar-refractivity contribution in [3.63, 3.8) is 0 Å². The predicted molar refractivity (Wildman–Crippen MR) is 139 cm³/mol. The van der Waals surface area contributed by atoms with Crippen LogP contribution in [0.4, 0.5) is 0 Å². The van der Waals surface area contributed by atoms with Gasteiger partial charge in [0.15, 0.2) is 0 Å². The SMILES string of the molecule is CC/C=C/C/C=C/C/C=C/C/C=C/C/C=C/C/C=C/CCC(=O)[O-].O=C([O-])c1cccnc1.[Al+3].[OH-]. The number of carboxylic acids is 2. The quantitative estimate of drug-likeness (QED) is 0.268. The number of carbonyl (C=O) groups is 2. The van der Waals surface area contributed by atoms with Crippen LogP contribution in [0.25, 0.3) is 0 Å². The molecule has 1 rings (SSSR count). The smallest absolute Gasteiger partial charge is 0.870 e. The van der Waals surface area contributed by atoms with E-state index < -0.39 is 11.9 Å². The fraction of sp³-hybridized carbons (Fsp3) is 0.321. The molecule has 0 bridgehead atoms. The van der Waals surface area contributed by atoms with Gasteiger partial charge in [-0.3, -0.25) is 4.98 Å². The van der Waals surface area contributed by atoms with Crippen LogP contribution in [0.2, 0.25) is 0 Å². The summed E-state index contributed by atoms with van der Waals surface area (Å²) in [5, 5.41) is 20.3. The largest absolute Gasteiger partial charge is 3.00 e. The molecule has 0 spiro atoms. The van der Waals surface area contributed by atoms with E-state index in [-0.39, 0.29) is 34.8 Å². The monoisotopic (exact) mass is 493 g/mol. The molecule has 0 unspecified atom stereocenters. The molecule has 0 aliphatic carbocycles. The van der Waals surface area contributed by atoms with Crippen molar-refractivity contribution in [1.82, 2.24) is 4.98 Å². The van der Waals surface area contributed by atoms with Crippen molar-refractivity contribution < 1.29 is 25.3 Å². The van der Waals surface area contributed by atoms with Gasteiger partial charge in [-0.2, -0.15) is 0 Å². The van der Waals surface area contributed by atoms with Crippen molar-refractivity contribution in [2.45, 2.75) is 58.3 Å². The number of carbonyl (C=O) groups excluding carboxylic acids is 2. The molecule has 1 heterocycles. The van der Waals surface area contributed by atoms with E-state index in [1.165, 1.54) is 18.5 Å². The van der Waals surface area contributed by atoms with Crippen molar-refractivity contribution in [1.29, 1.82) is 0 Å². The minimum atomic E-state index is -1.19. The summed E-state index contributed by atoms with van der Waals surface area (Å²) in [6, 6.07) is 2.98. The molecule has 0 aliphatic heterocycles. The number of pyridine rings is 1. The van der Waals surface area contributed by atoms with Crippen LogP contribution in [0.15, 0.2) is 97.4 Å². The Kier molecular flexibility index (Phi) is 30.4. The van der Waals surface area contributed by atoms with Crippen molar-refractivity contribution in [2.24, 2.45) is 0 Å². The van der Waals surface area contributed by atoms with Crippen molar-refractivity contribution >= 4 is 29.3 Å². The third kappa shape index (κ3) is 29.0. The summed E-state index contributed by atoms with van der Waals surface area (Å²) >= 11 is 0. The van der Waals surface area contributed by atoms with Crippen molar-refractivity contribution in [3.05, 3.63) is 103 Å². The minimum absolute atomic E-state index is 0. The second kappa shape index (κ2) is 29.1. The fourth-order valence-electron chi connectivity index (χ4n) is 2.32. The number of hydrogen-bond acceptors (Lipinski definition) is 6. The average Bonchev–Trinajstić information content (AvgIpc) is 2.81. The number of nitrogens with zero attached hydrogens (tertiary/aromatic N) is 1. The number of aliphatic carboxylic acids is 1. The summed E-state index contributed by atoms with van der Waals surface area (Å²) in [6.45, 7) is 2.15. The molecule has 1 aromatic heterocycles. The van der Waals surface area contributed by atoms with Crippen LogP contribution >= 0.6 is 0 Å². The zero-order chi connectivity index (χ0) is 24.4. The zero-order valence-electron chi connectivity index (χ0n) is 20.5. The molecule has 1 aromatic rings. The van der Waals surface area contributed by atoms with Gasteiger partial charge in [-0.05, 0) is 57.4 Å². The van der Waals surface area contributed by atoms with E-state index in [4.69, 9.17) is 0 Å². The molecule has 0 saturated carbocycles. The molecule has 0 saturated heterocycles. The summed E-state index contributed by atoms with van der Waals surface area (Å²) < 4.78 is 0. The molecule has 0 atom stereocenters. The summed E-state index contributed by atoms with van der Waals surface area (Å²) in [7, 11) is 0. The normalized spacial score (nSPS) is 11.2. The number of aromatic carboxylic acids is 1. The van der Waals surface area contributed by atoms with E-state index >= 15 is 0 Å². The van der Waals surface area contributed by atoms with Gasteiger partial charge >= 0.3 is 17.4 Å². The van der Waals surface area contributed by atoms with E-state index in [2.05, 4.69) is 72.7 Å². The summed E-state index contributed by atoms with van der Waals surface area (Å²) in [4.78, 5) is 23.8. The molecule has 35 heavy (non-hydrogen) atoms. The number of rotatable bonds is 15. The summed E-state index contributed by atoms with van der Waals surface area (Å²) in [5.74, 6) is -2.18. The van der Waals surface area contributed by atoms with Crippen molar-refractivity contribution in [2.75, 3.05) is 0 Å². The number of allylic oxidation sites excluding steroid dienone is 12. The van der Waals surface area contributed by atoms with Crippen LogP contribution < -0.4 is 10.2 Å².